The van der Waals surface area contributed by atoms with E-state index in [1.807, 2.05) is 19.1 Å². The number of carbonyl (C=O) groups is 3. The Morgan fingerprint density at radius 3 is 2.68 bits per heavy atom. The van der Waals surface area contributed by atoms with Gasteiger partial charge >= 0.3 is 5.97 Å². The van der Waals surface area contributed by atoms with Crippen LogP contribution in [0.1, 0.15) is 12.0 Å². The molecule has 4 rings (SSSR count). The van der Waals surface area contributed by atoms with Crippen LogP contribution in [-0.2, 0) is 19.1 Å². The zero-order valence-electron chi connectivity index (χ0n) is 20.8. The summed E-state index contributed by atoms with van der Waals surface area (Å²) in [5.74, 6) is -1.89. The summed E-state index contributed by atoms with van der Waals surface area (Å²) in [4.78, 5) is 45.5. The molecule has 5 N–H and O–H groups in total. The van der Waals surface area contributed by atoms with Gasteiger partial charge in [-0.3, -0.25) is 19.3 Å². The zero-order chi connectivity index (χ0) is 26.7. The number of nitrogens with two attached hydrogens (primary N) is 1. The van der Waals surface area contributed by atoms with Crippen LogP contribution in [0.2, 0.25) is 0 Å². The molecule has 0 radical (unpaired) electrons. The molecule has 1 aromatic heterocycles. The van der Waals surface area contributed by atoms with Crippen LogP contribution in [0.25, 0.3) is 0 Å². The number of allylic oxidation sites excluding steroid dienone is 1. The van der Waals surface area contributed by atoms with Gasteiger partial charge < -0.3 is 26.4 Å². The van der Waals surface area contributed by atoms with E-state index in [2.05, 4.69) is 30.7 Å². The number of nitrogens with zero attached hydrogens (tertiary/aromatic N) is 3. The maximum absolute atomic E-state index is 14.5. The number of aryl methyl sites for hydroxylation is 1. The van der Waals surface area contributed by atoms with Gasteiger partial charge in [-0.15, -0.1) is 0 Å². The van der Waals surface area contributed by atoms with E-state index in [-0.39, 0.29) is 48.6 Å². The molecule has 196 valence electrons. The van der Waals surface area contributed by atoms with Crippen molar-refractivity contribution in [2.75, 3.05) is 43.2 Å². The van der Waals surface area contributed by atoms with E-state index in [9.17, 15) is 18.8 Å². The first-order chi connectivity index (χ1) is 17.6. The number of primary amides is 1. The molecule has 1 heterocycles. The third-order valence-corrected chi connectivity index (χ3v) is 6.63. The van der Waals surface area contributed by atoms with E-state index in [0.717, 1.165) is 18.2 Å². The number of aromatic nitrogens is 2. The normalized spacial score (nSPS) is 21.6. The molecule has 1 saturated carbocycles. The summed E-state index contributed by atoms with van der Waals surface area (Å²) in [6.07, 6.45) is 5.88. The largest absolute Gasteiger partial charge is 0.468 e. The fourth-order valence-corrected chi connectivity index (χ4v) is 4.88. The van der Waals surface area contributed by atoms with Crippen molar-refractivity contribution in [1.82, 2.24) is 14.9 Å². The molecule has 2 aromatic rings. The van der Waals surface area contributed by atoms with Gasteiger partial charge in [0.05, 0.1) is 32.3 Å². The highest BCUT2D eigenvalue weighted by Crippen LogP contribution is 2.44. The lowest BCUT2D eigenvalue weighted by Crippen LogP contribution is -2.41. The number of rotatable bonds is 10. The van der Waals surface area contributed by atoms with Crippen LogP contribution in [-0.4, -0.2) is 65.9 Å². The number of ether oxygens (including phenoxy) is 1. The number of halogens is 1. The van der Waals surface area contributed by atoms with E-state index in [1.54, 1.807) is 30.1 Å². The summed E-state index contributed by atoms with van der Waals surface area (Å²) in [6, 6.07) is 4.90. The predicted octanol–water partition coefficient (Wildman–Crippen LogP) is 1.80. The Morgan fingerprint density at radius 1 is 1.22 bits per heavy atom. The minimum atomic E-state index is -0.632. The quantitative estimate of drug-likeness (QED) is 0.276. The van der Waals surface area contributed by atoms with Crippen molar-refractivity contribution in [3.05, 3.63) is 47.9 Å². The van der Waals surface area contributed by atoms with Crippen LogP contribution in [0.5, 0.6) is 0 Å². The van der Waals surface area contributed by atoms with E-state index < -0.39 is 23.6 Å². The number of hydrogen-bond donors (Lipinski definition) is 4. The zero-order valence-corrected chi connectivity index (χ0v) is 20.8. The summed E-state index contributed by atoms with van der Waals surface area (Å²) >= 11 is 0. The Labute approximate surface area is 213 Å². The van der Waals surface area contributed by atoms with Gasteiger partial charge in [-0.25, -0.2) is 9.37 Å². The number of amides is 2. The van der Waals surface area contributed by atoms with E-state index >= 15 is 0 Å². The van der Waals surface area contributed by atoms with E-state index in [4.69, 9.17) is 5.73 Å². The maximum Gasteiger partial charge on any atom is 0.319 e. The second-order valence-corrected chi connectivity index (χ2v) is 9.39. The minimum absolute atomic E-state index is 0.00213. The molecule has 37 heavy (non-hydrogen) atoms. The van der Waals surface area contributed by atoms with Crippen molar-refractivity contribution in [3.63, 3.8) is 0 Å². The molecule has 1 aromatic carbocycles. The highest BCUT2D eigenvalue weighted by molar-refractivity contribution is 5.93. The number of hydrogen-bond acceptors (Lipinski definition) is 9. The molecule has 0 saturated heterocycles. The van der Waals surface area contributed by atoms with Gasteiger partial charge in [-0.2, -0.15) is 4.98 Å². The second-order valence-electron chi connectivity index (χ2n) is 9.39. The van der Waals surface area contributed by atoms with E-state index in [1.165, 1.54) is 7.11 Å². The lowest BCUT2D eigenvalue weighted by atomic mass is 9.88. The van der Waals surface area contributed by atoms with Gasteiger partial charge in [0.15, 0.2) is 11.6 Å². The maximum atomic E-state index is 14.5. The molecule has 12 heteroatoms. The van der Waals surface area contributed by atoms with Crippen LogP contribution in [0.3, 0.4) is 0 Å². The highest BCUT2D eigenvalue weighted by Gasteiger charge is 2.47. The Kier molecular flexibility index (Phi) is 7.67. The van der Waals surface area contributed by atoms with Crippen LogP contribution < -0.4 is 21.7 Å². The van der Waals surface area contributed by atoms with Gasteiger partial charge in [0.2, 0.25) is 17.8 Å². The molecule has 1 fully saturated rings. The third kappa shape index (κ3) is 6.02. The lowest BCUT2D eigenvalue weighted by molar-refractivity contribution is -0.141. The molecule has 4 unspecified atom stereocenters. The lowest BCUT2D eigenvalue weighted by Gasteiger charge is -2.27. The Hall–Kier alpha value is -4.06. The van der Waals surface area contributed by atoms with Gasteiger partial charge in [-0.1, -0.05) is 12.2 Å². The fraction of sp³-hybridized carbons (Fsp3) is 0.400. The third-order valence-electron chi connectivity index (χ3n) is 6.63. The van der Waals surface area contributed by atoms with Crippen molar-refractivity contribution >= 4 is 40.9 Å². The second kappa shape index (κ2) is 10.9. The average molecular weight is 512 g/mol. The molecule has 2 aliphatic rings. The van der Waals surface area contributed by atoms with Crippen LogP contribution in [0, 0.1) is 30.5 Å². The molecular weight excluding hydrogens is 481 g/mol. The van der Waals surface area contributed by atoms with Gasteiger partial charge in [0, 0.05) is 17.4 Å². The molecule has 2 amide bonds. The van der Waals surface area contributed by atoms with Crippen LogP contribution >= 0.6 is 0 Å². The first-order valence-electron chi connectivity index (χ1n) is 11.8. The molecule has 2 bridgehead atoms. The van der Waals surface area contributed by atoms with Crippen molar-refractivity contribution in [3.8, 4) is 0 Å². The molecular formula is C25H30FN7O4. The number of esters is 1. The van der Waals surface area contributed by atoms with Crippen LogP contribution in [0.15, 0.2) is 36.5 Å². The molecule has 0 spiro atoms. The number of fused-ring (bicyclic) bond motifs is 2. The van der Waals surface area contributed by atoms with Crippen molar-refractivity contribution < 1.29 is 23.5 Å². The Morgan fingerprint density at radius 2 is 1.97 bits per heavy atom. The first kappa shape index (κ1) is 26.0. The first-order valence-corrected chi connectivity index (χ1v) is 11.8. The summed E-state index contributed by atoms with van der Waals surface area (Å²) in [5.41, 5.74) is 7.61. The van der Waals surface area contributed by atoms with Crippen molar-refractivity contribution in [1.29, 1.82) is 0 Å². The Balaban J connectivity index is 1.40. The summed E-state index contributed by atoms with van der Waals surface area (Å²) < 4.78 is 19.1. The predicted molar refractivity (Wildman–Crippen MR) is 135 cm³/mol. The number of benzene rings is 1. The number of nitrogens with one attached hydrogen (secondary N) is 3. The highest BCUT2D eigenvalue weighted by atomic mass is 19.1. The Bertz CT molecular complexity index is 1240. The SMILES string of the molecule is COC(=O)CN(C)CC(=O)Nc1ccc(Nc2ncc(F)c(NC3C4C=CC(C4)C3C(N)=O)n2)cc1C. The van der Waals surface area contributed by atoms with Crippen LogP contribution in [0.4, 0.5) is 27.5 Å². The van der Waals surface area contributed by atoms with Crippen molar-refractivity contribution in [2.45, 2.75) is 19.4 Å². The smallest absolute Gasteiger partial charge is 0.319 e. The minimum Gasteiger partial charge on any atom is -0.468 e. The molecule has 11 nitrogen and oxygen atoms in total. The summed E-state index contributed by atoms with van der Waals surface area (Å²) in [5, 5.41) is 8.92. The van der Waals surface area contributed by atoms with E-state index in [0.29, 0.717) is 11.4 Å². The molecule has 4 atom stereocenters. The fourth-order valence-electron chi connectivity index (χ4n) is 4.88. The number of anilines is 4. The molecule has 0 aliphatic heterocycles. The summed E-state index contributed by atoms with van der Waals surface area (Å²) in [6.45, 7) is 1.84. The van der Waals surface area contributed by atoms with Gasteiger partial charge in [-0.05, 0) is 56.0 Å². The number of methoxy groups -OCH3 is 1. The van der Waals surface area contributed by atoms with Gasteiger partial charge in [0.1, 0.15) is 0 Å². The van der Waals surface area contributed by atoms with Crippen molar-refractivity contribution in [2.24, 2.45) is 23.5 Å². The average Bonchev–Trinajstić information content (AvgIpc) is 3.44. The number of carbonyl (C=O) groups excluding carboxylic acids is 3. The standard InChI is InChI=1S/C25H30FN7O4/c1-13-8-16(6-7-18(13)30-19(34)11-33(2)12-20(35)37-3)29-25-28-10-17(26)24(32-25)31-22-15-5-4-14(9-15)21(22)23(27)36/h4-8,10,14-15,21-22H,9,11-12H2,1-3H3,(H2,27,36)(H,30,34)(H2,28,29,31,32). The topological polar surface area (TPSA) is 152 Å². The monoisotopic (exact) mass is 511 g/mol. The van der Waals surface area contributed by atoms with Gasteiger partial charge in [0.25, 0.3) is 0 Å². The molecule has 2 aliphatic carbocycles. The number of likely N-dealkylation sites (N-methyl/N-ethyl adjacent to an activating group) is 1. The summed E-state index contributed by atoms with van der Waals surface area (Å²) in [7, 11) is 2.93.